The van der Waals surface area contributed by atoms with Crippen molar-refractivity contribution in [1.29, 1.82) is 0 Å². The summed E-state index contributed by atoms with van der Waals surface area (Å²) in [4.78, 5) is 0. The van der Waals surface area contributed by atoms with E-state index in [9.17, 15) is 0 Å². The van der Waals surface area contributed by atoms with Crippen LogP contribution in [0, 0.1) is 34.5 Å². The molecule has 126 valence electrons. The van der Waals surface area contributed by atoms with Gasteiger partial charge in [0.1, 0.15) is 0 Å². The molecule has 4 atom stereocenters. The van der Waals surface area contributed by atoms with Gasteiger partial charge in [-0.25, -0.2) is 0 Å². The highest BCUT2D eigenvalue weighted by molar-refractivity contribution is 5.14. The molecular weight excluding hydrogens is 264 g/mol. The Labute approximate surface area is 138 Å². The van der Waals surface area contributed by atoms with Crippen LogP contribution >= 0.6 is 0 Å². The molecule has 0 heteroatoms. The minimum atomic E-state index is 0.735. The SMILES string of the molecule is CCC1(C2(CC)C3CCCCC3C3CCCCC32)CCCC1. The molecule has 22 heavy (non-hydrogen) atoms. The molecule has 4 unspecified atom stereocenters. The van der Waals surface area contributed by atoms with E-state index in [0.29, 0.717) is 0 Å². The van der Waals surface area contributed by atoms with Gasteiger partial charge in [-0.05, 0) is 85.9 Å². The molecule has 4 saturated carbocycles. The van der Waals surface area contributed by atoms with Gasteiger partial charge in [-0.15, -0.1) is 0 Å². The Bertz CT molecular complexity index is 367. The number of hydrogen-bond acceptors (Lipinski definition) is 0. The fourth-order valence-electron chi connectivity index (χ4n) is 8.78. The molecule has 0 amide bonds. The van der Waals surface area contributed by atoms with Gasteiger partial charge >= 0.3 is 0 Å². The van der Waals surface area contributed by atoms with Crippen LogP contribution in [-0.4, -0.2) is 0 Å². The Kier molecular flexibility index (Phi) is 4.10. The van der Waals surface area contributed by atoms with Crippen molar-refractivity contribution >= 4 is 0 Å². The Balaban J connectivity index is 1.80. The minimum absolute atomic E-state index is 0.735. The average molecular weight is 303 g/mol. The average Bonchev–Trinajstić information content (AvgIpc) is 3.17. The summed E-state index contributed by atoms with van der Waals surface area (Å²) in [5, 5.41) is 0. The maximum atomic E-state index is 2.60. The minimum Gasteiger partial charge on any atom is -0.0648 e. The molecule has 0 saturated heterocycles. The Morgan fingerprint density at radius 1 is 0.636 bits per heavy atom. The smallest absolute Gasteiger partial charge is 0.0182 e. The van der Waals surface area contributed by atoms with Gasteiger partial charge in [0, 0.05) is 0 Å². The predicted molar refractivity (Wildman–Crippen MR) is 94.8 cm³/mol. The van der Waals surface area contributed by atoms with Crippen LogP contribution in [0.1, 0.15) is 104 Å². The van der Waals surface area contributed by atoms with Gasteiger partial charge in [0.25, 0.3) is 0 Å². The molecule has 0 spiro atoms. The zero-order valence-electron chi connectivity index (χ0n) is 15.2. The van der Waals surface area contributed by atoms with E-state index < -0.39 is 0 Å². The van der Waals surface area contributed by atoms with E-state index in [0.717, 1.165) is 34.5 Å². The fourth-order valence-corrected chi connectivity index (χ4v) is 8.78. The van der Waals surface area contributed by atoms with Gasteiger partial charge in [-0.2, -0.15) is 0 Å². The van der Waals surface area contributed by atoms with Crippen molar-refractivity contribution in [3.05, 3.63) is 0 Å². The molecule has 4 aliphatic rings. The molecule has 0 aliphatic heterocycles. The van der Waals surface area contributed by atoms with Crippen LogP contribution in [0.4, 0.5) is 0 Å². The molecule has 0 N–H and O–H groups in total. The van der Waals surface area contributed by atoms with E-state index in [1.165, 1.54) is 25.7 Å². The van der Waals surface area contributed by atoms with E-state index in [-0.39, 0.29) is 0 Å². The van der Waals surface area contributed by atoms with Crippen LogP contribution in [0.3, 0.4) is 0 Å². The van der Waals surface area contributed by atoms with Crippen molar-refractivity contribution < 1.29 is 0 Å². The second kappa shape index (κ2) is 5.82. The van der Waals surface area contributed by atoms with Gasteiger partial charge in [0.15, 0.2) is 0 Å². The molecule has 0 aromatic rings. The van der Waals surface area contributed by atoms with E-state index in [2.05, 4.69) is 13.8 Å². The third kappa shape index (κ3) is 1.88. The standard InChI is InChI=1S/C22H38/c1-3-21(15-9-10-16-21)22(4-2)19-13-7-5-11-17(19)18-12-6-8-14-20(18)22/h17-20H,3-16H2,1-2H3. The summed E-state index contributed by atoms with van der Waals surface area (Å²) < 4.78 is 0. The summed E-state index contributed by atoms with van der Waals surface area (Å²) in [7, 11) is 0. The normalized spacial score (nSPS) is 47.2. The van der Waals surface area contributed by atoms with Gasteiger partial charge in [0.2, 0.25) is 0 Å². The zero-order chi connectivity index (χ0) is 15.2. The summed E-state index contributed by atoms with van der Waals surface area (Å²) in [5.41, 5.74) is 1.48. The highest BCUT2D eigenvalue weighted by Crippen LogP contribution is 2.73. The van der Waals surface area contributed by atoms with Crippen molar-refractivity contribution in [3.8, 4) is 0 Å². The topological polar surface area (TPSA) is 0 Å². The Morgan fingerprint density at radius 2 is 1.14 bits per heavy atom. The van der Waals surface area contributed by atoms with Crippen LogP contribution < -0.4 is 0 Å². The first-order valence-corrected chi connectivity index (χ1v) is 10.8. The van der Waals surface area contributed by atoms with Crippen LogP contribution in [0.15, 0.2) is 0 Å². The Morgan fingerprint density at radius 3 is 1.59 bits per heavy atom. The van der Waals surface area contributed by atoms with Crippen molar-refractivity contribution in [2.75, 3.05) is 0 Å². The Hall–Kier alpha value is 0. The third-order valence-electron chi connectivity index (χ3n) is 9.32. The van der Waals surface area contributed by atoms with Crippen molar-refractivity contribution in [2.45, 2.75) is 104 Å². The maximum absolute atomic E-state index is 2.60. The van der Waals surface area contributed by atoms with Crippen LogP contribution in [0.25, 0.3) is 0 Å². The maximum Gasteiger partial charge on any atom is -0.0182 e. The quantitative estimate of drug-likeness (QED) is 0.527. The molecule has 4 aliphatic carbocycles. The molecule has 0 aromatic heterocycles. The van der Waals surface area contributed by atoms with Crippen molar-refractivity contribution in [3.63, 3.8) is 0 Å². The molecule has 4 rings (SSSR count). The van der Waals surface area contributed by atoms with Crippen LogP contribution in [0.5, 0.6) is 0 Å². The number of fused-ring (bicyclic) bond motifs is 3. The highest BCUT2D eigenvalue weighted by atomic mass is 14.7. The van der Waals surface area contributed by atoms with Gasteiger partial charge < -0.3 is 0 Å². The second-order valence-electron chi connectivity index (χ2n) is 9.34. The molecule has 0 nitrogen and oxygen atoms in total. The first-order chi connectivity index (χ1) is 10.8. The van der Waals surface area contributed by atoms with Crippen LogP contribution in [-0.2, 0) is 0 Å². The number of rotatable bonds is 3. The lowest BCUT2D eigenvalue weighted by Crippen LogP contribution is -2.48. The summed E-state index contributed by atoms with van der Waals surface area (Å²) in [5.74, 6) is 4.47. The van der Waals surface area contributed by atoms with E-state index in [1.54, 1.807) is 64.2 Å². The molecular formula is C22H38. The summed E-state index contributed by atoms with van der Waals surface area (Å²) in [6.45, 7) is 5.15. The van der Waals surface area contributed by atoms with E-state index in [1.807, 2.05) is 0 Å². The lowest BCUT2D eigenvalue weighted by molar-refractivity contribution is -0.0700. The van der Waals surface area contributed by atoms with Crippen LogP contribution in [0.2, 0.25) is 0 Å². The highest BCUT2D eigenvalue weighted by Gasteiger charge is 2.66. The van der Waals surface area contributed by atoms with Gasteiger partial charge in [-0.3, -0.25) is 0 Å². The second-order valence-corrected chi connectivity index (χ2v) is 9.34. The largest absolute Gasteiger partial charge is 0.0648 e. The molecule has 0 bridgehead atoms. The molecule has 0 aromatic carbocycles. The first-order valence-electron chi connectivity index (χ1n) is 10.8. The summed E-state index contributed by atoms with van der Waals surface area (Å²) in [6.07, 6.45) is 21.7. The van der Waals surface area contributed by atoms with Crippen molar-refractivity contribution in [1.82, 2.24) is 0 Å². The lowest BCUT2D eigenvalue weighted by atomic mass is 9.49. The van der Waals surface area contributed by atoms with E-state index in [4.69, 9.17) is 0 Å². The van der Waals surface area contributed by atoms with Gasteiger partial charge in [-0.1, -0.05) is 52.4 Å². The predicted octanol–water partition coefficient (Wildman–Crippen LogP) is 6.98. The molecule has 4 fully saturated rings. The van der Waals surface area contributed by atoms with Gasteiger partial charge in [0.05, 0.1) is 0 Å². The molecule has 0 heterocycles. The lowest BCUT2D eigenvalue weighted by Gasteiger charge is -2.56. The summed E-state index contributed by atoms with van der Waals surface area (Å²) in [6, 6.07) is 0. The first kappa shape index (κ1) is 15.5. The monoisotopic (exact) mass is 302 g/mol. The van der Waals surface area contributed by atoms with E-state index >= 15 is 0 Å². The summed E-state index contributed by atoms with van der Waals surface area (Å²) >= 11 is 0. The zero-order valence-corrected chi connectivity index (χ0v) is 15.2. The third-order valence-corrected chi connectivity index (χ3v) is 9.32. The fraction of sp³-hybridized carbons (Fsp3) is 1.00. The number of hydrogen-bond donors (Lipinski definition) is 0. The van der Waals surface area contributed by atoms with Crippen molar-refractivity contribution in [2.24, 2.45) is 34.5 Å². The molecule has 0 radical (unpaired) electrons.